The van der Waals surface area contributed by atoms with Gasteiger partial charge in [-0.3, -0.25) is 4.90 Å². The van der Waals surface area contributed by atoms with Crippen molar-refractivity contribution in [3.63, 3.8) is 0 Å². The van der Waals surface area contributed by atoms with Gasteiger partial charge in [-0.05, 0) is 18.7 Å². The minimum Gasteiger partial charge on any atom is -0.373 e. The summed E-state index contributed by atoms with van der Waals surface area (Å²) in [6.45, 7) is 1.76. The van der Waals surface area contributed by atoms with E-state index in [2.05, 4.69) is 38.7 Å². The van der Waals surface area contributed by atoms with E-state index < -0.39 is 0 Å². The van der Waals surface area contributed by atoms with Gasteiger partial charge in [0, 0.05) is 31.7 Å². The van der Waals surface area contributed by atoms with Gasteiger partial charge in [-0.25, -0.2) is 9.97 Å². The fourth-order valence-corrected chi connectivity index (χ4v) is 2.18. The molecule has 1 N–H and O–H groups in total. The summed E-state index contributed by atoms with van der Waals surface area (Å²) in [6.07, 6.45) is 1.91. The van der Waals surface area contributed by atoms with Crippen molar-refractivity contribution in [3.8, 4) is 0 Å². The number of aromatic nitrogens is 2. The van der Waals surface area contributed by atoms with Gasteiger partial charge in [0.05, 0.1) is 11.2 Å². The Morgan fingerprint density at radius 1 is 1.29 bits per heavy atom. The van der Waals surface area contributed by atoms with Crippen molar-refractivity contribution < 1.29 is 0 Å². The third-order valence-corrected chi connectivity index (χ3v) is 3.08. The fraction of sp³-hybridized carbons (Fsp3) is 0.333. The normalized spacial score (nSPS) is 10.8. The maximum Gasteiger partial charge on any atom is 0.125 e. The van der Waals surface area contributed by atoms with E-state index in [1.54, 1.807) is 11.3 Å². The van der Waals surface area contributed by atoms with Crippen molar-refractivity contribution in [1.29, 1.82) is 0 Å². The maximum atomic E-state index is 4.30. The quantitative estimate of drug-likeness (QED) is 0.881. The molecule has 2 rings (SSSR count). The smallest absolute Gasteiger partial charge is 0.125 e. The van der Waals surface area contributed by atoms with Gasteiger partial charge in [0.2, 0.25) is 0 Å². The van der Waals surface area contributed by atoms with Gasteiger partial charge in [-0.2, -0.15) is 0 Å². The predicted octanol–water partition coefficient (Wildman–Crippen LogP) is 2.21. The summed E-state index contributed by atoms with van der Waals surface area (Å²) in [6, 6.07) is 4.09. The van der Waals surface area contributed by atoms with Gasteiger partial charge in [0.1, 0.15) is 5.82 Å². The molecule has 2 heterocycles. The zero-order valence-electron chi connectivity index (χ0n) is 10.1. The van der Waals surface area contributed by atoms with Crippen LogP contribution in [0, 0.1) is 0 Å². The number of nitrogens with one attached hydrogen (secondary N) is 1. The van der Waals surface area contributed by atoms with Crippen molar-refractivity contribution >= 4 is 17.2 Å². The summed E-state index contributed by atoms with van der Waals surface area (Å²) in [5.41, 5.74) is 4.20. The predicted molar refractivity (Wildman–Crippen MR) is 71.1 cm³/mol. The second-order valence-corrected chi connectivity index (χ2v) is 4.67. The third kappa shape index (κ3) is 3.51. The Labute approximate surface area is 105 Å². The fourth-order valence-electron chi connectivity index (χ4n) is 1.63. The lowest BCUT2D eigenvalue weighted by Gasteiger charge is -2.15. The molecule has 0 radical (unpaired) electrons. The van der Waals surface area contributed by atoms with Crippen molar-refractivity contribution in [1.82, 2.24) is 14.9 Å². The van der Waals surface area contributed by atoms with E-state index >= 15 is 0 Å². The molecule has 2 aromatic heterocycles. The highest BCUT2D eigenvalue weighted by molar-refractivity contribution is 7.07. The van der Waals surface area contributed by atoms with Crippen LogP contribution in [0.15, 0.2) is 29.2 Å². The Balaban J connectivity index is 1.91. The highest BCUT2D eigenvalue weighted by Crippen LogP contribution is 2.09. The Bertz CT molecular complexity index is 438. The average molecular weight is 248 g/mol. The van der Waals surface area contributed by atoms with E-state index in [-0.39, 0.29) is 0 Å². The topological polar surface area (TPSA) is 41.0 Å². The van der Waals surface area contributed by atoms with Crippen LogP contribution in [-0.2, 0) is 13.1 Å². The van der Waals surface area contributed by atoms with Crippen LogP contribution >= 0.6 is 11.3 Å². The summed E-state index contributed by atoms with van der Waals surface area (Å²) in [7, 11) is 3.96. The Morgan fingerprint density at radius 3 is 2.76 bits per heavy atom. The maximum absolute atomic E-state index is 4.30. The molecule has 0 bridgehead atoms. The molecule has 0 atom stereocenters. The molecule has 0 spiro atoms. The summed E-state index contributed by atoms with van der Waals surface area (Å²) < 4.78 is 0. The highest BCUT2D eigenvalue weighted by atomic mass is 32.1. The van der Waals surface area contributed by atoms with Crippen LogP contribution in [0.1, 0.15) is 11.3 Å². The highest BCUT2D eigenvalue weighted by Gasteiger charge is 2.03. The lowest BCUT2D eigenvalue weighted by atomic mass is 10.2. The molecule has 0 aromatic carbocycles. The van der Waals surface area contributed by atoms with E-state index in [1.165, 1.54) is 5.56 Å². The van der Waals surface area contributed by atoms with Crippen LogP contribution in [0.5, 0.6) is 0 Å². The van der Waals surface area contributed by atoms with Gasteiger partial charge in [-0.1, -0.05) is 6.07 Å². The van der Waals surface area contributed by atoms with Crippen LogP contribution in [-0.4, -0.2) is 29.0 Å². The second-order valence-electron chi connectivity index (χ2n) is 3.95. The number of rotatable bonds is 5. The van der Waals surface area contributed by atoms with Crippen molar-refractivity contribution in [2.75, 3.05) is 19.4 Å². The van der Waals surface area contributed by atoms with E-state index in [4.69, 9.17) is 0 Å². The lowest BCUT2D eigenvalue weighted by molar-refractivity contribution is 0.315. The molecule has 4 nitrogen and oxygen atoms in total. The molecule has 5 heteroatoms. The Hall–Kier alpha value is -1.46. The molecular weight excluding hydrogens is 232 g/mol. The van der Waals surface area contributed by atoms with Gasteiger partial charge in [0.25, 0.3) is 0 Å². The molecule has 0 saturated carbocycles. The lowest BCUT2D eigenvalue weighted by Crippen LogP contribution is -2.17. The van der Waals surface area contributed by atoms with Gasteiger partial charge in [0.15, 0.2) is 0 Å². The van der Waals surface area contributed by atoms with Crippen LogP contribution < -0.4 is 5.32 Å². The van der Waals surface area contributed by atoms with Gasteiger partial charge in [-0.15, -0.1) is 11.3 Å². The summed E-state index contributed by atoms with van der Waals surface area (Å²) in [5, 5.41) is 5.09. The number of thiazole rings is 1. The third-order valence-electron chi connectivity index (χ3n) is 2.45. The van der Waals surface area contributed by atoms with Gasteiger partial charge < -0.3 is 5.32 Å². The van der Waals surface area contributed by atoms with Crippen molar-refractivity contribution in [3.05, 3.63) is 40.5 Å². The number of pyridine rings is 1. The minimum atomic E-state index is 0.872. The zero-order valence-corrected chi connectivity index (χ0v) is 10.9. The summed E-state index contributed by atoms with van der Waals surface area (Å²) >= 11 is 1.63. The zero-order chi connectivity index (χ0) is 12.1. The minimum absolute atomic E-state index is 0.872. The van der Waals surface area contributed by atoms with Crippen LogP contribution in [0.4, 0.5) is 5.82 Å². The largest absolute Gasteiger partial charge is 0.373 e. The number of hydrogen-bond acceptors (Lipinski definition) is 5. The van der Waals surface area contributed by atoms with E-state index in [0.29, 0.717) is 0 Å². The molecule has 0 unspecified atom stereocenters. The monoisotopic (exact) mass is 248 g/mol. The van der Waals surface area contributed by atoms with Crippen LogP contribution in [0.2, 0.25) is 0 Å². The Kier molecular flexibility index (Phi) is 4.06. The number of anilines is 1. The average Bonchev–Trinajstić information content (AvgIpc) is 2.82. The molecule has 0 aliphatic heterocycles. The van der Waals surface area contributed by atoms with E-state index in [0.717, 1.165) is 24.6 Å². The van der Waals surface area contributed by atoms with Gasteiger partial charge >= 0.3 is 0 Å². The van der Waals surface area contributed by atoms with E-state index in [1.807, 2.05) is 24.8 Å². The number of nitrogens with zero attached hydrogens (tertiary/aromatic N) is 3. The molecule has 0 aliphatic rings. The molecule has 0 aliphatic carbocycles. The second kappa shape index (κ2) is 5.75. The standard InChI is InChI=1S/C12H16N4S/c1-13-12-4-3-10(5-14-12)6-16(2)7-11-8-17-9-15-11/h3-5,8-9H,6-7H2,1-2H3,(H,13,14). The summed E-state index contributed by atoms with van der Waals surface area (Å²) in [4.78, 5) is 10.8. The molecule has 17 heavy (non-hydrogen) atoms. The first kappa shape index (κ1) is 12.0. The van der Waals surface area contributed by atoms with Crippen molar-refractivity contribution in [2.45, 2.75) is 13.1 Å². The molecule has 0 amide bonds. The first-order chi connectivity index (χ1) is 8.28. The summed E-state index contributed by atoms with van der Waals surface area (Å²) in [5.74, 6) is 0.899. The molecule has 0 fully saturated rings. The first-order valence-electron chi connectivity index (χ1n) is 5.46. The molecular formula is C12H16N4S. The Morgan fingerprint density at radius 2 is 2.18 bits per heavy atom. The van der Waals surface area contributed by atoms with Crippen LogP contribution in [0.3, 0.4) is 0 Å². The number of hydrogen-bond donors (Lipinski definition) is 1. The van der Waals surface area contributed by atoms with Crippen molar-refractivity contribution in [2.24, 2.45) is 0 Å². The molecule has 2 aromatic rings. The van der Waals surface area contributed by atoms with Crippen LogP contribution in [0.25, 0.3) is 0 Å². The first-order valence-corrected chi connectivity index (χ1v) is 6.40. The van der Waals surface area contributed by atoms with E-state index in [9.17, 15) is 0 Å². The molecule has 90 valence electrons. The molecule has 0 saturated heterocycles. The SMILES string of the molecule is CNc1ccc(CN(C)Cc2cscn2)cn1.